The second-order valence-electron chi connectivity index (χ2n) is 8.31. The highest BCUT2D eigenvalue weighted by atomic mass is 79.9. The van der Waals surface area contributed by atoms with Crippen molar-refractivity contribution in [3.05, 3.63) is 88.9 Å². The Morgan fingerprint density at radius 1 is 0.917 bits per heavy atom. The molecule has 7 nitrogen and oxygen atoms in total. The zero-order valence-electron chi connectivity index (χ0n) is 19.2. The summed E-state index contributed by atoms with van der Waals surface area (Å²) in [5.74, 6) is 0.655. The highest BCUT2D eigenvalue weighted by molar-refractivity contribution is 9.10. The van der Waals surface area contributed by atoms with Gasteiger partial charge in [-0.15, -0.1) is 10.2 Å². The predicted octanol–water partition coefficient (Wildman–Crippen LogP) is 5.46. The summed E-state index contributed by atoms with van der Waals surface area (Å²) in [7, 11) is -3.57. The molecule has 0 spiro atoms. The summed E-state index contributed by atoms with van der Waals surface area (Å²) in [6.07, 6.45) is 1.75. The molecule has 2 heterocycles. The average molecular weight is 584 g/mol. The van der Waals surface area contributed by atoms with Crippen molar-refractivity contribution in [1.29, 1.82) is 0 Å². The van der Waals surface area contributed by atoms with Crippen molar-refractivity contribution in [3.8, 4) is 17.1 Å². The van der Waals surface area contributed by atoms with E-state index in [1.807, 2.05) is 59.2 Å². The van der Waals surface area contributed by atoms with Crippen LogP contribution in [0.1, 0.15) is 23.2 Å². The summed E-state index contributed by atoms with van der Waals surface area (Å²) in [6, 6.07) is 23.7. The average Bonchev–Trinajstić information content (AvgIpc) is 3.59. The zero-order chi connectivity index (χ0) is 25.1. The first-order valence-corrected chi connectivity index (χ1v) is 14.7. The Morgan fingerprint density at radius 3 is 2.39 bits per heavy atom. The molecule has 5 rings (SSSR count). The molecule has 0 atom stereocenters. The maximum atomic E-state index is 13.2. The van der Waals surface area contributed by atoms with Gasteiger partial charge in [0.05, 0.1) is 10.6 Å². The van der Waals surface area contributed by atoms with Crippen LogP contribution in [0.3, 0.4) is 0 Å². The molecule has 1 saturated heterocycles. The van der Waals surface area contributed by atoms with E-state index < -0.39 is 10.0 Å². The molecular formula is C26H23BrN4O3S2. The van der Waals surface area contributed by atoms with E-state index in [1.165, 1.54) is 16.1 Å². The second kappa shape index (κ2) is 10.7. The van der Waals surface area contributed by atoms with Gasteiger partial charge in [-0.3, -0.25) is 9.36 Å². The lowest BCUT2D eigenvalue weighted by molar-refractivity contribution is 0.102. The minimum atomic E-state index is -3.57. The van der Waals surface area contributed by atoms with Crippen LogP contribution >= 0.6 is 27.7 Å². The smallest absolute Gasteiger partial charge is 0.243 e. The molecule has 0 aliphatic carbocycles. The largest absolute Gasteiger partial charge is 0.293 e. The molecule has 1 fully saturated rings. The number of carbonyl (C=O) groups is 1. The van der Waals surface area contributed by atoms with Gasteiger partial charge in [0.15, 0.2) is 16.8 Å². The molecule has 0 N–H and O–H groups in total. The number of hydrogen-bond donors (Lipinski definition) is 0. The fourth-order valence-electron chi connectivity index (χ4n) is 4.13. The van der Waals surface area contributed by atoms with Crippen molar-refractivity contribution in [2.75, 3.05) is 18.8 Å². The van der Waals surface area contributed by atoms with Crippen LogP contribution < -0.4 is 0 Å². The summed E-state index contributed by atoms with van der Waals surface area (Å²) >= 11 is 4.73. The maximum Gasteiger partial charge on any atom is 0.243 e. The van der Waals surface area contributed by atoms with E-state index in [0.717, 1.165) is 23.0 Å². The number of ketones is 1. The molecule has 4 aromatic rings. The SMILES string of the molecule is O=C(CSc1nnc(-c2cccc(S(=O)(=O)N3CCCC3)c2)n1-c1ccccc1)c1ccccc1Br. The third-order valence-electron chi connectivity index (χ3n) is 5.95. The van der Waals surface area contributed by atoms with Crippen LogP contribution in [0.25, 0.3) is 17.1 Å². The molecule has 0 unspecified atom stereocenters. The first-order valence-electron chi connectivity index (χ1n) is 11.5. The summed E-state index contributed by atoms with van der Waals surface area (Å²) in [4.78, 5) is 13.1. The van der Waals surface area contributed by atoms with Gasteiger partial charge >= 0.3 is 0 Å². The minimum Gasteiger partial charge on any atom is -0.293 e. The Hall–Kier alpha value is -2.79. The van der Waals surface area contributed by atoms with E-state index in [1.54, 1.807) is 24.3 Å². The number of halogens is 1. The van der Waals surface area contributed by atoms with Gasteiger partial charge in [-0.2, -0.15) is 4.31 Å². The van der Waals surface area contributed by atoms with Gasteiger partial charge in [0.1, 0.15) is 0 Å². The minimum absolute atomic E-state index is 0.0321. The van der Waals surface area contributed by atoms with Crippen LogP contribution in [-0.2, 0) is 10.0 Å². The fraction of sp³-hybridized carbons (Fsp3) is 0.192. The molecule has 3 aromatic carbocycles. The molecule has 0 saturated carbocycles. The third-order valence-corrected chi connectivity index (χ3v) is 9.46. The molecule has 0 amide bonds. The summed E-state index contributed by atoms with van der Waals surface area (Å²) < 4.78 is 30.4. The lowest BCUT2D eigenvalue weighted by Gasteiger charge is -2.16. The van der Waals surface area contributed by atoms with Crippen LogP contribution in [0.2, 0.25) is 0 Å². The van der Waals surface area contributed by atoms with E-state index in [4.69, 9.17) is 0 Å². The summed E-state index contributed by atoms with van der Waals surface area (Å²) in [5, 5.41) is 9.34. The molecule has 0 bridgehead atoms. The zero-order valence-corrected chi connectivity index (χ0v) is 22.5. The van der Waals surface area contributed by atoms with Gasteiger partial charge in [-0.1, -0.05) is 76.2 Å². The first-order chi connectivity index (χ1) is 17.4. The van der Waals surface area contributed by atoms with Crippen molar-refractivity contribution in [3.63, 3.8) is 0 Å². The summed E-state index contributed by atoms with van der Waals surface area (Å²) in [6.45, 7) is 1.08. The number of sulfonamides is 1. The number of nitrogens with zero attached hydrogens (tertiary/aromatic N) is 4. The molecule has 0 radical (unpaired) electrons. The van der Waals surface area contributed by atoms with E-state index in [9.17, 15) is 13.2 Å². The molecule has 10 heteroatoms. The predicted molar refractivity (Wildman–Crippen MR) is 144 cm³/mol. The van der Waals surface area contributed by atoms with Crippen molar-refractivity contribution in [2.24, 2.45) is 0 Å². The molecule has 36 heavy (non-hydrogen) atoms. The quantitative estimate of drug-likeness (QED) is 0.203. The fourth-order valence-corrected chi connectivity index (χ4v) is 7.03. The van der Waals surface area contributed by atoms with Gasteiger partial charge in [-0.05, 0) is 43.2 Å². The second-order valence-corrected chi connectivity index (χ2v) is 12.0. The number of thioether (sulfide) groups is 1. The van der Waals surface area contributed by atoms with Gasteiger partial charge in [0.2, 0.25) is 10.0 Å². The van der Waals surface area contributed by atoms with Gasteiger partial charge in [0, 0.05) is 34.4 Å². The number of hydrogen-bond acceptors (Lipinski definition) is 6. The number of para-hydroxylation sites is 1. The molecular weight excluding hydrogens is 560 g/mol. The monoisotopic (exact) mass is 582 g/mol. The Balaban J connectivity index is 1.50. The Labute approximate surface area is 222 Å². The Kier molecular flexibility index (Phi) is 7.38. The lowest BCUT2D eigenvalue weighted by Crippen LogP contribution is -2.27. The highest BCUT2D eigenvalue weighted by Crippen LogP contribution is 2.31. The number of aromatic nitrogens is 3. The van der Waals surface area contributed by atoms with Crippen LogP contribution in [0, 0.1) is 0 Å². The van der Waals surface area contributed by atoms with Crippen molar-refractivity contribution in [1.82, 2.24) is 19.1 Å². The molecule has 184 valence electrons. The molecule has 1 aliphatic heterocycles. The number of Topliss-reactive ketones (excluding diaryl/α,β-unsaturated/α-hetero) is 1. The normalized spacial score (nSPS) is 14.2. The highest BCUT2D eigenvalue weighted by Gasteiger charge is 2.28. The molecule has 1 aliphatic rings. The van der Waals surface area contributed by atoms with Crippen molar-refractivity contribution < 1.29 is 13.2 Å². The van der Waals surface area contributed by atoms with Crippen molar-refractivity contribution >= 4 is 43.5 Å². The van der Waals surface area contributed by atoms with Crippen molar-refractivity contribution in [2.45, 2.75) is 22.9 Å². The van der Waals surface area contributed by atoms with E-state index in [0.29, 0.717) is 35.2 Å². The Morgan fingerprint density at radius 2 is 1.64 bits per heavy atom. The lowest BCUT2D eigenvalue weighted by atomic mass is 10.1. The van der Waals surface area contributed by atoms with Crippen LogP contribution in [0.5, 0.6) is 0 Å². The maximum absolute atomic E-state index is 13.2. The van der Waals surface area contributed by atoms with Gasteiger partial charge in [-0.25, -0.2) is 8.42 Å². The standard InChI is InChI=1S/C26H23BrN4O3S2/c27-23-14-5-4-13-22(23)24(32)18-35-26-29-28-25(31(26)20-10-2-1-3-11-20)19-9-8-12-21(17-19)36(33,34)30-15-6-7-16-30/h1-5,8-14,17H,6-7,15-16,18H2. The van der Waals surface area contributed by atoms with E-state index in [-0.39, 0.29) is 16.4 Å². The van der Waals surface area contributed by atoms with Gasteiger partial charge in [0.25, 0.3) is 0 Å². The van der Waals surface area contributed by atoms with Gasteiger partial charge < -0.3 is 0 Å². The van der Waals surface area contributed by atoms with E-state index in [2.05, 4.69) is 26.1 Å². The summed E-state index contributed by atoms with van der Waals surface area (Å²) in [5.41, 5.74) is 2.06. The third kappa shape index (κ3) is 5.04. The van der Waals surface area contributed by atoms with Crippen LogP contribution in [0.4, 0.5) is 0 Å². The number of rotatable bonds is 8. The Bertz CT molecular complexity index is 1500. The first kappa shape index (κ1) is 24.9. The topological polar surface area (TPSA) is 85.2 Å². The van der Waals surface area contributed by atoms with Crippen LogP contribution in [-0.4, -0.2) is 52.1 Å². The van der Waals surface area contributed by atoms with Crippen LogP contribution in [0.15, 0.2) is 93.4 Å². The number of benzene rings is 3. The van der Waals surface area contributed by atoms with E-state index >= 15 is 0 Å². The number of carbonyl (C=O) groups excluding carboxylic acids is 1. The molecule has 1 aromatic heterocycles.